The highest BCUT2D eigenvalue weighted by atomic mass is 16.5. The topological polar surface area (TPSA) is 41.5 Å². The van der Waals surface area contributed by atoms with Gasteiger partial charge in [0.1, 0.15) is 0 Å². The maximum Gasteiger partial charge on any atom is 0.0652 e. The molecular weight excluding hydrogens is 178 g/mol. The van der Waals surface area contributed by atoms with Crippen molar-refractivity contribution in [3.63, 3.8) is 0 Å². The van der Waals surface area contributed by atoms with Crippen molar-refractivity contribution in [2.75, 3.05) is 20.3 Å². The molecule has 0 aromatic carbocycles. The van der Waals surface area contributed by atoms with Crippen LogP contribution in [0.5, 0.6) is 0 Å². The van der Waals surface area contributed by atoms with E-state index in [2.05, 4.69) is 19.2 Å². The fraction of sp³-hybridized carbons (Fsp3) is 1.00. The predicted molar refractivity (Wildman–Crippen MR) is 57.3 cm³/mol. The zero-order chi connectivity index (χ0) is 10.6. The number of rotatable bonds is 6. The number of aliphatic hydroxyl groups is 1. The van der Waals surface area contributed by atoms with Crippen LogP contribution >= 0.6 is 0 Å². The fourth-order valence-corrected chi connectivity index (χ4v) is 2.14. The van der Waals surface area contributed by atoms with Crippen LogP contribution in [0.15, 0.2) is 0 Å². The van der Waals surface area contributed by atoms with Gasteiger partial charge in [0.2, 0.25) is 0 Å². The van der Waals surface area contributed by atoms with Crippen LogP contribution in [0.4, 0.5) is 0 Å². The summed E-state index contributed by atoms with van der Waals surface area (Å²) < 4.78 is 5.38. The van der Waals surface area contributed by atoms with Crippen LogP contribution in [-0.4, -0.2) is 37.5 Å². The Hall–Kier alpha value is -0.120. The Morgan fingerprint density at radius 3 is 2.64 bits per heavy atom. The number of hydrogen-bond donors (Lipinski definition) is 2. The maximum atomic E-state index is 8.64. The molecule has 0 aliphatic heterocycles. The van der Waals surface area contributed by atoms with Gasteiger partial charge in [0.25, 0.3) is 0 Å². The first-order valence-corrected chi connectivity index (χ1v) is 5.50. The Morgan fingerprint density at radius 2 is 2.14 bits per heavy atom. The molecule has 0 aromatic rings. The Balaban J connectivity index is 2.15. The molecule has 1 aliphatic carbocycles. The molecule has 0 aromatic heterocycles. The molecule has 3 heteroatoms. The molecule has 0 saturated heterocycles. The third-order valence-corrected chi connectivity index (χ3v) is 3.44. The smallest absolute Gasteiger partial charge is 0.0652 e. The fourth-order valence-electron chi connectivity index (χ4n) is 2.14. The lowest BCUT2D eigenvalue weighted by Gasteiger charge is -2.51. The first-order chi connectivity index (χ1) is 6.62. The van der Waals surface area contributed by atoms with Crippen LogP contribution < -0.4 is 5.32 Å². The van der Waals surface area contributed by atoms with E-state index in [0.29, 0.717) is 18.8 Å². The lowest BCUT2D eigenvalue weighted by Crippen LogP contribution is -2.60. The summed E-state index contributed by atoms with van der Waals surface area (Å²) >= 11 is 0. The second-order valence-corrected chi connectivity index (χ2v) is 4.72. The van der Waals surface area contributed by atoms with Crippen molar-refractivity contribution < 1.29 is 9.84 Å². The Morgan fingerprint density at radius 1 is 1.43 bits per heavy atom. The van der Waals surface area contributed by atoms with Crippen LogP contribution in [0.3, 0.4) is 0 Å². The van der Waals surface area contributed by atoms with E-state index in [0.717, 1.165) is 25.8 Å². The highest BCUT2D eigenvalue weighted by Crippen LogP contribution is 2.42. The van der Waals surface area contributed by atoms with Gasteiger partial charge < -0.3 is 15.2 Å². The van der Waals surface area contributed by atoms with Crippen molar-refractivity contribution in [1.82, 2.24) is 5.32 Å². The minimum Gasteiger partial charge on any atom is -0.396 e. The van der Waals surface area contributed by atoms with E-state index in [9.17, 15) is 0 Å². The standard InChI is InChI=1S/C11H23NO2/c1-11(2)9(8-10(11)14-3)12-6-4-5-7-13/h9-10,12-13H,4-8H2,1-3H3. The van der Waals surface area contributed by atoms with E-state index in [1.807, 2.05) is 0 Å². The van der Waals surface area contributed by atoms with Gasteiger partial charge in [0.05, 0.1) is 6.10 Å². The van der Waals surface area contributed by atoms with Crippen LogP contribution in [0.25, 0.3) is 0 Å². The zero-order valence-electron chi connectivity index (χ0n) is 9.55. The van der Waals surface area contributed by atoms with Gasteiger partial charge in [-0.25, -0.2) is 0 Å². The SMILES string of the molecule is COC1CC(NCCCCO)C1(C)C. The maximum absolute atomic E-state index is 8.64. The number of aliphatic hydroxyl groups excluding tert-OH is 1. The summed E-state index contributed by atoms with van der Waals surface area (Å²) in [5, 5.41) is 12.2. The summed E-state index contributed by atoms with van der Waals surface area (Å²) in [5.74, 6) is 0. The third kappa shape index (κ3) is 2.47. The van der Waals surface area contributed by atoms with Gasteiger partial charge in [0, 0.05) is 25.2 Å². The number of ether oxygens (including phenoxy) is 1. The summed E-state index contributed by atoms with van der Waals surface area (Å²) in [6.45, 7) is 5.80. The molecule has 1 saturated carbocycles. The Labute approximate surface area is 86.8 Å². The van der Waals surface area contributed by atoms with Gasteiger partial charge in [-0.1, -0.05) is 13.8 Å². The van der Waals surface area contributed by atoms with Crippen molar-refractivity contribution in [2.24, 2.45) is 5.41 Å². The lowest BCUT2D eigenvalue weighted by molar-refractivity contribution is -0.0973. The molecule has 1 fully saturated rings. The predicted octanol–water partition coefficient (Wildman–Crippen LogP) is 1.16. The van der Waals surface area contributed by atoms with Crippen molar-refractivity contribution in [3.8, 4) is 0 Å². The largest absolute Gasteiger partial charge is 0.396 e. The molecule has 0 radical (unpaired) electrons. The number of methoxy groups -OCH3 is 1. The van der Waals surface area contributed by atoms with Gasteiger partial charge >= 0.3 is 0 Å². The van der Waals surface area contributed by atoms with Crippen molar-refractivity contribution >= 4 is 0 Å². The summed E-state index contributed by atoms with van der Waals surface area (Å²) in [6, 6.07) is 0.575. The summed E-state index contributed by atoms with van der Waals surface area (Å²) in [6.07, 6.45) is 3.47. The van der Waals surface area contributed by atoms with E-state index in [4.69, 9.17) is 9.84 Å². The van der Waals surface area contributed by atoms with E-state index in [1.165, 1.54) is 0 Å². The highest BCUT2D eigenvalue weighted by molar-refractivity contribution is 5.02. The molecule has 0 amide bonds. The van der Waals surface area contributed by atoms with Gasteiger partial charge in [0.15, 0.2) is 0 Å². The van der Waals surface area contributed by atoms with E-state index < -0.39 is 0 Å². The average Bonchev–Trinajstić information content (AvgIpc) is 2.15. The van der Waals surface area contributed by atoms with Crippen LogP contribution in [0, 0.1) is 5.41 Å². The average molecular weight is 201 g/mol. The van der Waals surface area contributed by atoms with E-state index in [1.54, 1.807) is 7.11 Å². The monoisotopic (exact) mass is 201 g/mol. The Bertz CT molecular complexity index is 171. The normalized spacial score (nSPS) is 30.0. The van der Waals surface area contributed by atoms with Gasteiger partial charge in [-0.2, -0.15) is 0 Å². The van der Waals surface area contributed by atoms with Crippen molar-refractivity contribution in [2.45, 2.75) is 45.3 Å². The van der Waals surface area contributed by atoms with Crippen LogP contribution in [0.1, 0.15) is 33.1 Å². The molecule has 3 nitrogen and oxygen atoms in total. The molecule has 2 atom stereocenters. The van der Waals surface area contributed by atoms with Gasteiger partial charge in [-0.05, 0) is 25.8 Å². The Kier molecular flexibility index (Phi) is 4.35. The summed E-state index contributed by atoms with van der Waals surface area (Å²) in [7, 11) is 1.79. The van der Waals surface area contributed by atoms with E-state index in [-0.39, 0.29) is 5.41 Å². The minimum atomic E-state index is 0.258. The van der Waals surface area contributed by atoms with Crippen LogP contribution in [-0.2, 0) is 4.74 Å². The lowest BCUT2D eigenvalue weighted by atomic mass is 9.64. The molecule has 1 aliphatic rings. The summed E-state index contributed by atoms with van der Waals surface area (Å²) in [4.78, 5) is 0. The van der Waals surface area contributed by atoms with Crippen molar-refractivity contribution in [1.29, 1.82) is 0 Å². The second-order valence-electron chi connectivity index (χ2n) is 4.72. The molecule has 1 rings (SSSR count). The van der Waals surface area contributed by atoms with Crippen molar-refractivity contribution in [3.05, 3.63) is 0 Å². The molecule has 0 bridgehead atoms. The molecule has 2 unspecified atom stereocenters. The number of hydrogen-bond acceptors (Lipinski definition) is 3. The van der Waals surface area contributed by atoms with E-state index >= 15 is 0 Å². The third-order valence-electron chi connectivity index (χ3n) is 3.44. The molecule has 0 spiro atoms. The molecule has 14 heavy (non-hydrogen) atoms. The first-order valence-electron chi connectivity index (χ1n) is 5.50. The summed E-state index contributed by atoms with van der Waals surface area (Å²) in [5.41, 5.74) is 0.258. The first kappa shape index (κ1) is 12.0. The van der Waals surface area contributed by atoms with Crippen LogP contribution in [0.2, 0.25) is 0 Å². The number of unbranched alkanes of at least 4 members (excludes halogenated alkanes) is 1. The second kappa shape index (κ2) is 5.10. The minimum absolute atomic E-state index is 0.258. The highest BCUT2D eigenvalue weighted by Gasteiger charge is 2.47. The molecular formula is C11H23NO2. The van der Waals surface area contributed by atoms with Gasteiger partial charge in [-0.15, -0.1) is 0 Å². The van der Waals surface area contributed by atoms with Gasteiger partial charge in [-0.3, -0.25) is 0 Å². The quantitative estimate of drug-likeness (QED) is 0.634. The molecule has 84 valence electrons. The molecule has 2 N–H and O–H groups in total. The molecule has 0 heterocycles. The number of nitrogens with one attached hydrogen (secondary N) is 1. The zero-order valence-corrected chi connectivity index (χ0v) is 9.55.